The van der Waals surface area contributed by atoms with Crippen molar-refractivity contribution in [3.05, 3.63) is 0 Å². The molecule has 0 aliphatic carbocycles. The smallest absolute Gasteiger partial charge is 0.236 e. The maximum atomic E-state index is 11.2. The Morgan fingerprint density at radius 2 is 2.17 bits per heavy atom. The van der Waals surface area contributed by atoms with Gasteiger partial charge in [0.2, 0.25) is 5.91 Å². The maximum absolute atomic E-state index is 11.2. The zero-order chi connectivity index (χ0) is 8.97. The van der Waals surface area contributed by atoms with E-state index in [-0.39, 0.29) is 11.9 Å². The van der Waals surface area contributed by atoms with E-state index in [4.69, 9.17) is 5.73 Å². The van der Waals surface area contributed by atoms with Crippen molar-refractivity contribution in [3.63, 3.8) is 0 Å². The van der Waals surface area contributed by atoms with Gasteiger partial charge in [-0.25, -0.2) is 0 Å². The average Bonchev–Trinajstić information content (AvgIpc) is 2.06. The molecule has 0 spiro atoms. The van der Waals surface area contributed by atoms with E-state index in [1.54, 1.807) is 6.92 Å². The molecule has 3 N–H and O–H groups in total. The molecule has 1 unspecified atom stereocenters. The largest absolute Gasteiger partial charge is 0.352 e. The van der Waals surface area contributed by atoms with Crippen molar-refractivity contribution in [2.24, 2.45) is 5.73 Å². The highest BCUT2D eigenvalue weighted by atomic mass is 32.2. The molecule has 1 fully saturated rings. The normalized spacial score (nSPS) is 21.8. The standard InChI is InChI=1S/C8H16N2OS/c1-6(9)8(11)10-7-2-4-12-5-3-7/h6-7H,2-5,9H2,1H3,(H,10,11). The summed E-state index contributed by atoms with van der Waals surface area (Å²) < 4.78 is 0. The lowest BCUT2D eigenvalue weighted by Gasteiger charge is -2.23. The van der Waals surface area contributed by atoms with Crippen molar-refractivity contribution in [1.29, 1.82) is 0 Å². The highest BCUT2D eigenvalue weighted by Gasteiger charge is 2.17. The molecule has 12 heavy (non-hydrogen) atoms. The van der Waals surface area contributed by atoms with Gasteiger partial charge >= 0.3 is 0 Å². The van der Waals surface area contributed by atoms with Gasteiger partial charge in [0.15, 0.2) is 0 Å². The Morgan fingerprint density at radius 1 is 1.58 bits per heavy atom. The van der Waals surface area contributed by atoms with Crippen LogP contribution in [0.4, 0.5) is 0 Å². The topological polar surface area (TPSA) is 55.1 Å². The van der Waals surface area contributed by atoms with E-state index >= 15 is 0 Å². The van der Waals surface area contributed by atoms with E-state index in [1.165, 1.54) is 0 Å². The molecule has 0 aromatic heterocycles. The van der Waals surface area contributed by atoms with Crippen LogP contribution in [-0.2, 0) is 4.79 Å². The van der Waals surface area contributed by atoms with Gasteiger partial charge in [-0.2, -0.15) is 11.8 Å². The first-order valence-corrected chi connectivity index (χ1v) is 5.49. The van der Waals surface area contributed by atoms with E-state index in [0.29, 0.717) is 6.04 Å². The summed E-state index contributed by atoms with van der Waals surface area (Å²) in [6.45, 7) is 1.72. The first-order valence-electron chi connectivity index (χ1n) is 4.34. The minimum absolute atomic E-state index is 0.0214. The second-order valence-corrected chi connectivity index (χ2v) is 4.41. The molecule has 0 radical (unpaired) electrons. The van der Waals surface area contributed by atoms with Crippen LogP contribution in [0.2, 0.25) is 0 Å². The second kappa shape index (κ2) is 4.72. The first kappa shape index (κ1) is 9.86. The number of hydrogen-bond donors (Lipinski definition) is 2. The van der Waals surface area contributed by atoms with Crippen LogP contribution in [0.3, 0.4) is 0 Å². The third-order valence-electron chi connectivity index (χ3n) is 1.98. The van der Waals surface area contributed by atoms with Crippen LogP contribution in [-0.4, -0.2) is 29.5 Å². The minimum Gasteiger partial charge on any atom is -0.352 e. The highest BCUT2D eigenvalue weighted by Crippen LogP contribution is 2.16. The van der Waals surface area contributed by atoms with E-state index < -0.39 is 0 Å². The molecular formula is C8H16N2OS. The fourth-order valence-electron chi connectivity index (χ4n) is 1.17. The lowest BCUT2D eigenvalue weighted by Crippen LogP contribution is -2.45. The number of rotatable bonds is 2. The Kier molecular flexibility index (Phi) is 3.88. The maximum Gasteiger partial charge on any atom is 0.236 e. The second-order valence-electron chi connectivity index (χ2n) is 3.18. The lowest BCUT2D eigenvalue weighted by molar-refractivity contribution is -0.122. The first-order chi connectivity index (χ1) is 5.70. The fourth-order valence-corrected chi connectivity index (χ4v) is 2.28. The van der Waals surface area contributed by atoms with E-state index in [2.05, 4.69) is 5.32 Å². The van der Waals surface area contributed by atoms with Gasteiger partial charge in [0, 0.05) is 6.04 Å². The quantitative estimate of drug-likeness (QED) is 0.657. The molecule has 70 valence electrons. The van der Waals surface area contributed by atoms with Gasteiger partial charge in [-0.3, -0.25) is 4.79 Å². The predicted molar refractivity (Wildman–Crippen MR) is 52.1 cm³/mol. The number of amides is 1. The van der Waals surface area contributed by atoms with Gasteiger partial charge in [-0.05, 0) is 31.3 Å². The van der Waals surface area contributed by atoms with E-state index in [0.717, 1.165) is 24.3 Å². The molecule has 1 amide bonds. The summed E-state index contributed by atoms with van der Waals surface area (Å²) in [5.41, 5.74) is 5.44. The fraction of sp³-hybridized carbons (Fsp3) is 0.875. The van der Waals surface area contributed by atoms with Gasteiger partial charge in [0.1, 0.15) is 0 Å². The summed E-state index contributed by atoms with van der Waals surface area (Å²) in [5, 5.41) is 2.94. The van der Waals surface area contributed by atoms with Crippen LogP contribution in [0.1, 0.15) is 19.8 Å². The molecule has 1 heterocycles. The van der Waals surface area contributed by atoms with Crippen LogP contribution >= 0.6 is 11.8 Å². The van der Waals surface area contributed by atoms with Gasteiger partial charge in [-0.1, -0.05) is 0 Å². The highest BCUT2D eigenvalue weighted by molar-refractivity contribution is 7.99. The number of nitrogens with one attached hydrogen (secondary N) is 1. The molecular weight excluding hydrogens is 172 g/mol. The average molecular weight is 188 g/mol. The van der Waals surface area contributed by atoms with Crippen LogP contribution in [0.25, 0.3) is 0 Å². The molecule has 1 saturated heterocycles. The molecule has 0 aromatic rings. The Bertz CT molecular complexity index is 155. The molecule has 3 nitrogen and oxygen atoms in total. The summed E-state index contributed by atoms with van der Waals surface area (Å²) in [5.74, 6) is 2.29. The van der Waals surface area contributed by atoms with Crippen molar-refractivity contribution < 1.29 is 4.79 Å². The Labute approximate surface area is 77.5 Å². The summed E-state index contributed by atoms with van der Waals surface area (Å²) in [4.78, 5) is 11.2. The van der Waals surface area contributed by atoms with Gasteiger partial charge in [-0.15, -0.1) is 0 Å². The summed E-state index contributed by atoms with van der Waals surface area (Å²) in [6.07, 6.45) is 2.17. The number of nitrogens with two attached hydrogens (primary N) is 1. The molecule has 1 aliphatic heterocycles. The van der Waals surface area contributed by atoms with Gasteiger partial charge in [0.05, 0.1) is 6.04 Å². The number of thioether (sulfide) groups is 1. The molecule has 1 rings (SSSR count). The molecule has 0 saturated carbocycles. The van der Waals surface area contributed by atoms with E-state index in [1.807, 2.05) is 11.8 Å². The van der Waals surface area contributed by atoms with Crippen LogP contribution in [0.15, 0.2) is 0 Å². The lowest BCUT2D eigenvalue weighted by atomic mass is 10.1. The zero-order valence-electron chi connectivity index (χ0n) is 7.38. The van der Waals surface area contributed by atoms with Crippen LogP contribution in [0.5, 0.6) is 0 Å². The Morgan fingerprint density at radius 3 is 2.67 bits per heavy atom. The van der Waals surface area contributed by atoms with Crippen LogP contribution in [0, 0.1) is 0 Å². The van der Waals surface area contributed by atoms with Crippen molar-refractivity contribution in [2.75, 3.05) is 11.5 Å². The zero-order valence-corrected chi connectivity index (χ0v) is 8.19. The van der Waals surface area contributed by atoms with Crippen LogP contribution < -0.4 is 11.1 Å². The van der Waals surface area contributed by atoms with Gasteiger partial charge in [0.25, 0.3) is 0 Å². The van der Waals surface area contributed by atoms with Crippen molar-refractivity contribution in [3.8, 4) is 0 Å². The molecule has 1 aliphatic rings. The SMILES string of the molecule is CC(N)C(=O)NC1CCSCC1. The number of carbonyl (C=O) groups is 1. The monoisotopic (exact) mass is 188 g/mol. The van der Waals surface area contributed by atoms with Crippen molar-refractivity contribution in [2.45, 2.75) is 31.8 Å². The third kappa shape index (κ3) is 3.03. The Balaban J connectivity index is 2.24. The predicted octanol–water partition coefficient (Wildman–Crippen LogP) is 0.345. The summed E-state index contributed by atoms with van der Waals surface area (Å²) in [6, 6.07) is -0.00988. The number of carbonyl (C=O) groups excluding carboxylic acids is 1. The molecule has 0 aromatic carbocycles. The minimum atomic E-state index is -0.375. The molecule has 4 heteroatoms. The Hall–Kier alpha value is -0.220. The summed E-state index contributed by atoms with van der Waals surface area (Å²) >= 11 is 1.95. The number of hydrogen-bond acceptors (Lipinski definition) is 3. The molecule has 0 bridgehead atoms. The van der Waals surface area contributed by atoms with Gasteiger partial charge < -0.3 is 11.1 Å². The van der Waals surface area contributed by atoms with Crippen molar-refractivity contribution in [1.82, 2.24) is 5.32 Å². The third-order valence-corrected chi connectivity index (χ3v) is 3.03. The summed E-state index contributed by atoms with van der Waals surface area (Å²) in [7, 11) is 0. The van der Waals surface area contributed by atoms with E-state index in [9.17, 15) is 4.79 Å². The molecule has 1 atom stereocenters. The van der Waals surface area contributed by atoms with Crippen molar-refractivity contribution >= 4 is 17.7 Å².